The van der Waals surface area contributed by atoms with Gasteiger partial charge in [0.2, 0.25) is 0 Å². The molecule has 4 nitrogen and oxygen atoms in total. The summed E-state index contributed by atoms with van der Waals surface area (Å²) in [7, 11) is 0. The van der Waals surface area contributed by atoms with Crippen molar-refractivity contribution in [3.8, 4) is 0 Å². The molecule has 0 saturated heterocycles. The monoisotopic (exact) mass is 240 g/mol. The molecule has 3 N–H and O–H groups in total. The largest absolute Gasteiger partial charge is 0.364 e. The Hall–Kier alpha value is -1.23. The summed E-state index contributed by atoms with van der Waals surface area (Å²) in [4.78, 5) is 7.82. The Morgan fingerprint density at radius 3 is 2.65 bits per heavy atom. The molecule has 0 aromatic carbocycles. The highest BCUT2D eigenvalue weighted by Gasteiger charge is 2.14. The molecule has 1 aromatic rings. The fourth-order valence-electron chi connectivity index (χ4n) is 1.73. The molecule has 96 valence electrons. The summed E-state index contributed by atoms with van der Waals surface area (Å²) >= 11 is 0. The third-order valence-electron chi connectivity index (χ3n) is 2.58. The Balaban J connectivity index is 2.79. The predicted molar refractivity (Wildman–Crippen MR) is 67.3 cm³/mol. The minimum Gasteiger partial charge on any atom is -0.364 e. The van der Waals surface area contributed by atoms with E-state index in [1.165, 1.54) is 6.33 Å². The van der Waals surface area contributed by atoms with Crippen molar-refractivity contribution in [3.05, 3.63) is 17.8 Å². The zero-order valence-corrected chi connectivity index (χ0v) is 10.7. The van der Waals surface area contributed by atoms with Crippen molar-refractivity contribution in [2.24, 2.45) is 11.7 Å². The number of hydrogen-bond acceptors (Lipinski definition) is 4. The lowest BCUT2D eigenvalue weighted by atomic mass is 10.0. The van der Waals surface area contributed by atoms with Crippen molar-refractivity contribution < 1.29 is 4.39 Å². The summed E-state index contributed by atoms with van der Waals surface area (Å²) in [6, 6.07) is 0.0455. The van der Waals surface area contributed by atoms with E-state index in [1.807, 2.05) is 6.92 Å². The number of aryl methyl sites for hydroxylation is 1. The first-order chi connectivity index (χ1) is 8.08. The maximum absolute atomic E-state index is 13.9. The Morgan fingerprint density at radius 1 is 1.41 bits per heavy atom. The second-order valence-electron chi connectivity index (χ2n) is 4.54. The van der Waals surface area contributed by atoms with Gasteiger partial charge in [0.05, 0.1) is 5.69 Å². The Bertz CT molecular complexity index is 354. The van der Waals surface area contributed by atoms with Gasteiger partial charge < -0.3 is 11.1 Å². The normalized spacial score (nSPS) is 12.8. The Morgan fingerprint density at radius 2 is 2.12 bits per heavy atom. The molecule has 0 fully saturated rings. The number of aromatic nitrogens is 2. The van der Waals surface area contributed by atoms with Crippen molar-refractivity contribution in [3.63, 3.8) is 0 Å². The zero-order chi connectivity index (χ0) is 12.8. The number of anilines is 1. The molecule has 0 bridgehead atoms. The number of hydrogen-bond donors (Lipinski definition) is 2. The van der Waals surface area contributed by atoms with E-state index in [9.17, 15) is 4.39 Å². The number of rotatable bonds is 6. The number of halogens is 1. The van der Waals surface area contributed by atoms with Crippen LogP contribution in [0.1, 0.15) is 32.9 Å². The van der Waals surface area contributed by atoms with Crippen LogP contribution >= 0.6 is 0 Å². The lowest BCUT2D eigenvalue weighted by Gasteiger charge is -2.19. The molecule has 0 radical (unpaired) electrons. The van der Waals surface area contributed by atoms with Crippen molar-refractivity contribution in [2.45, 2.75) is 39.7 Å². The van der Waals surface area contributed by atoms with Crippen molar-refractivity contribution in [1.82, 2.24) is 9.97 Å². The number of nitrogens with one attached hydrogen (secondary N) is 1. The second-order valence-corrected chi connectivity index (χ2v) is 4.54. The fourth-order valence-corrected chi connectivity index (χ4v) is 1.73. The van der Waals surface area contributed by atoms with Crippen LogP contribution in [0.25, 0.3) is 0 Å². The standard InChI is InChI=1S/C12H21FN4/c1-4-10-11(13)12(16-7-15-10)17-9(6-14)5-8(2)3/h7-9H,4-6,14H2,1-3H3,(H,15,16,17). The average molecular weight is 240 g/mol. The molecule has 1 aromatic heterocycles. The van der Waals surface area contributed by atoms with Gasteiger partial charge in [-0.2, -0.15) is 0 Å². The molecular weight excluding hydrogens is 219 g/mol. The molecule has 5 heteroatoms. The highest BCUT2D eigenvalue weighted by Crippen LogP contribution is 2.16. The van der Waals surface area contributed by atoms with Crippen LogP contribution in [-0.2, 0) is 6.42 Å². The van der Waals surface area contributed by atoms with Gasteiger partial charge in [-0.15, -0.1) is 0 Å². The molecule has 0 aliphatic rings. The molecule has 1 unspecified atom stereocenters. The first-order valence-electron chi connectivity index (χ1n) is 6.04. The van der Waals surface area contributed by atoms with E-state index in [1.54, 1.807) is 0 Å². The van der Waals surface area contributed by atoms with Gasteiger partial charge >= 0.3 is 0 Å². The van der Waals surface area contributed by atoms with Crippen LogP contribution in [-0.4, -0.2) is 22.6 Å². The van der Waals surface area contributed by atoms with Gasteiger partial charge in [-0.25, -0.2) is 14.4 Å². The summed E-state index contributed by atoms with van der Waals surface area (Å²) in [5.41, 5.74) is 6.09. The number of nitrogens with zero attached hydrogens (tertiary/aromatic N) is 2. The van der Waals surface area contributed by atoms with Gasteiger partial charge in [0, 0.05) is 12.6 Å². The van der Waals surface area contributed by atoms with Gasteiger partial charge in [-0.1, -0.05) is 20.8 Å². The van der Waals surface area contributed by atoms with Crippen molar-refractivity contribution in [1.29, 1.82) is 0 Å². The lowest BCUT2D eigenvalue weighted by Crippen LogP contribution is -2.31. The van der Waals surface area contributed by atoms with Crippen molar-refractivity contribution >= 4 is 5.82 Å². The van der Waals surface area contributed by atoms with Crippen LogP contribution < -0.4 is 11.1 Å². The topological polar surface area (TPSA) is 63.8 Å². The average Bonchev–Trinajstić information content (AvgIpc) is 2.30. The quantitative estimate of drug-likeness (QED) is 0.798. The highest BCUT2D eigenvalue weighted by molar-refractivity contribution is 5.38. The second kappa shape index (κ2) is 6.49. The van der Waals surface area contributed by atoms with Crippen molar-refractivity contribution in [2.75, 3.05) is 11.9 Å². The predicted octanol–water partition coefficient (Wildman–Crippen LogP) is 1.96. The maximum Gasteiger partial charge on any atom is 0.186 e. The lowest BCUT2D eigenvalue weighted by molar-refractivity contribution is 0.515. The van der Waals surface area contributed by atoms with Crippen LogP contribution in [0.3, 0.4) is 0 Å². The van der Waals surface area contributed by atoms with Gasteiger partial charge in [0.25, 0.3) is 0 Å². The van der Waals surface area contributed by atoms with Gasteiger partial charge in [0.1, 0.15) is 6.33 Å². The molecule has 17 heavy (non-hydrogen) atoms. The maximum atomic E-state index is 13.9. The molecule has 0 spiro atoms. The molecule has 1 heterocycles. The van der Waals surface area contributed by atoms with Crippen LogP contribution in [0.2, 0.25) is 0 Å². The SMILES string of the molecule is CCc1ncnc(NC(CN)CC(C)C)c1F. The van der Waals surface area contributed by atoms with E-state index in [2.05, 4.69) is 29.1 Å². The molecule has 0 saturated carbocycles. The van der Waals surface area contributed by atoms with E-state index in [0.29, 0.717) is 24.6 Å². The summed E-state index contributed by atoms with van der Waals surface area (Å²) in [5, 5.41) is 3.05. The third kappa shape index (κ3) is 3.93. The van der Waals surface area contributed by atoms with Crippen LogP contribution in [0, 0.1) is 11.7 Å². The van der Waals surface area contributed by atoms with Crippen LogP contribution in [0.5, 0.6) is 0 Å². The molecule has 0 aliphatic heterocycles. The summed E-state index contributed by atoms with van der Waals surface area (Å²) in [5.74, 6) is 0.400. The Kier molecular flexibility index (Phi) is 5.28. The summed E-state index contributed by atoms with van der Waals surface area (Å²) < 4.78 is 13.9. The molecule has 0 amide bonds. The van der Waals surface area contributed by atoms with E-state index < -0.39 is 0 Å². The van der Waals surface area contributed by atoms with E-state index in [0.717, 1.165) is 6.42 Å². The van der Waals surface area contributed by atoms with E-state index in [-0.39, 0.29) is 17.7 Å². The van der Waals surface area contributed by atoms with E-state index >= 15 is 0 Å². The van der Waals surface area contributed by atoms with Crippen LogP contribution in [0.15, 0.2) is 6.33 Å². The first kappa shape index (κ1) is 13.8. The van der Waals surface area contributed by atoms with Crippen LogP contribution in [0.4, 0.5) is 10.2 Å². The Labute approximate surface area is 102 Å². The number of nitrogens with two attached hydrogens (primary N) is 1. The smallest absolute Gasteiger partial charge is 0.186 e. The third-order valence-corrected chi connectivity index (χ3v) is 2.58. The minimum atomic E-state index is -0.364. The first-order valence-corrected chi connectivity index (χ1v) is 6.04. The summed E-state index contributed by atoms with van der Waals surface area (Å²) in [6.45, 7) is 6.54. The fraction of sp³-hybridized carbons (Fsp3) is 0.667. The molecular formula is C12H21FN4. The van der Waals surface area contributed by atoms with Gasteiger partial charge in [-0.3, -0.25) is 0 Å². The molecule has 0 aliphatic carbocycles. The molecule has 1 atom stereocenters. The summed E-state index contributed by atoms with van der Waals surface area (Å²) in [6.07, 6.45) is 2.83. The van der Waals surface area contributed by atoms with Gasteiger partial charge in [-0.05, 0) is 18.8 Å². The minimum absolute atomic E-state index is 0.0455. The van der Waals surface area contributed by atoms with Gasteiger partial charge in [0.15, 0.2) is 11.6 Å². The highest BCUT2D eigenvalue weighted by atomic mass is 19.1. The zero-order valence-electron chi connectivity index (χ0n) is 10.7. The molecule has 1 rings (SSSR count). The van der Waals surface area contributed by atoms with E-state index in [4.69, 9.17) is 5.73 Å².